The SMILES string of the molecule is Cc1cc(=O)n2nc(COC(=O)C3c4ccccc4Oc4ccccc43)sc2n1. The number of aromatic nitrogens is 3. The molecule has 29 heavy (non-hydrogen) atoms. The molecule has 0 radical (unpaired) electrons. The summed E-state index contributed by atoms with van der Waals surface area (Å²) in [5, 5.41) is 4.72. The zero-order valence-corrected chi connectivity index (χ0v) is 16.2. The van der Waals surface area contributed by atoms with Crippen molar-refractivity contribution < 1.29 is 14.3 Å². The van der Waals surface area contributed by atoms with Gasteiger partial charge < -0.3 is 9.47 Å². The molecule has 0 bridgehead atoms. The number of hydrogen-bond acceptors (Lipinski definition) is 7. The molecule has 0 unspecified atom stereocenters. The van der Waals surface area contributed by atoms with Crippen LogP contribution in [-0.2, 0) is 16.1 Å². The summed E-state index contributed by atoms with van der Waals surface area (Å²) in [7, 11) is 0. The van der Waals surface area contributed by atoms with Crippen LogP contribution in [0.2, 0.25) is 0 Å². The molecule has 0 aliphatic carbocycles. The first-order valence-electron chi connectivity index (χ1n) is 8.99. The third-order valence-electron chi connectivity index (χ3n) is 4.67. The van der Waals surface area contributed by atoms with Crippen molar-refractivity contribution in [2.24, 2.45) is 0 Å². The van der Waals surface area contributed by atoms with Gasteiger partial charge in [-0.05, 0) is 19.1 Å². The second kappa shape index (κ2) is 6.82. The Kier molecular flexibility index (Phi) is 4.13. The second-order valence-corrected chi connectivity index (χ2v) is 7.68. The number of nitrogens with zero attached hydrogens (tertiary/aromatic N) is 3. The lowest BCUT2D eigenvalue weighted by Crippen LogP contribution is -2.21. The van der Waals surface area contributed by atoms with E-state index in [9.17, 15) is 9.59 Å². The van der Waals surface area contributed by atoms with E-state index in [-0.39, 0.29) is 12.2 Å². The summed E-state index contributed by atoms with van der Waals surface area (Å²) in [6.07, 6.45) is 0. The maximum Gasteiger partial charge on any atom is 0.318 e. The largest absolute Gasteiger partial charge is 0.457 e. The van der Waals surface area contributed by atoms with Crippen molar-refractivity contribution in [3.8, 4) is 11.5 Å². The van der Waals surface area contributed by atoms with Crippen LogP contribution in [0.25, 0.3) is 4.96 Å². The third kappa shape index (κ3) is 3.07. The summed E-state index contributed by atoms with van der Waals surface area (Å²) < 4.78 is 12.7. The van der Waals surface area contributed by atoms with E-state index in [0.29, 0.717) is 27.2 Å². The highest BCUT2D eigenvalue weighted by molar-refractivity contribution is 7.16. The zero-order chi connectivity index (χ0) is 20.0. The van der Waals surface area contributed by atoms with E-state index in [1.165, 1.54) is 21.9 Å². The Morgan fingerprint density at radius 3 is 2.48 bits per heavy atom. The highest BCUT2D eigenvalue weighted by Crippen LogP contribution is 2.44. The summed E-state index contributed by atoms with van der Waals surface area (Å²) in [5.74, 6) is 0.288. The van der Waals surface area contributed by atoms with Crippen molar-refractivity contribution in [1.29, 1.82) is 0 Å². The fourth-order valence-corrected chi connectivity index (χ4v) is 4.26. The maximum absolute atomic E-state index is 13.0. The first kappa shape index (κ1) is 17.6. The molecule has 5 rings (SSSR count). The number of carbonyl (C=O) groups excluding carboxylic acids is 1. The molecule has 7 nitrogen and oxygen atoms in total. The average Bonchev–Trinajstić information content (AvgIpc) is 3.13. The van der Waals surface area contributed by atoms with Gasteiger partial charge in [0.25, 0.3) is 5.56 Å². The van der Waals surface area contributed by atoms with Crippen LogP contribution in [0.15, 0.2) is 59.4 Å². The normalized spacial score (nSPS) is 12.9. The molecule has 1 aliphatic rings. The Morgan fingerprint density at radius 1 is 1.14 bits per heavy atom. The smallest absolute Gasteiger partial charge is 0.318 e. The molecule has 0 N–H and O–H groups in total. The van der Waals surface area contributed by atoms with Crippen LogP contribution in [0.5, 0.6) is 11.5 Å². The number of benzene rings is 2. The number of para-hydroxylation sites is 2. The molecule has 4 aromatic rings. The van der Waals surface area contributed by atoms with E-state index in [0.717, 1.165) is 11.1 Å². The summed E-state index contributed by atoms with van der Waals surface area (Å²) in [5.41, 5.74) is 1.88. The van der Waals surface area contributed by atoms with Crippen LogP contribution < -0.4 is 10.3 Å². The van der Waals surface area contributed by atoms with Crippen LogP contribution in [0.3, 0.4) is 0 Å². The fraction of sp³-hybridized carbons (Fsp3) is 0.143. The van der Waals surface area contributed by atoms with Gasteiger partial charge in [0, 0.05) is 22.9 Å². The number of fused-ring (bicyclic) bond motifs is 3. The molecule has 0 saturated carbocycles. The highest BCUT2D eigenvalue weighted by atomic mass is 32.1. The Balaban J connectivity index is 1.44. The van der Waals surface area contributed by atoms with Crippen molar-refractivity contribution >= 4 is 22.3 Å². The quantitative estimate of drug-likeness (QED) is 0.486. The summed E-state index contributed by atoms with van der Waals surface area (Å²) in [6.45, 7) is 1.72. The number of carbonyl (C=O) groups is 1. The zero-order valence-electron chi connectivity index (χ0n) is 15.4. The predicted molar refractivity (Wildman–Crippen MR) is 106 cm³/mol. The van der Waals surface area contributed by atoms with Crippen molar-refractivity contribution in [3.63, 3.8) is 0 Å². The van der Waals surface area contributed by atoms with Gasteiger partial charge >= 0.3 is 5.97 Å². The minimum absolute atomic E-state index is 0.0347. The van der Waals surface area contributed by atoms with E-state index in [4.69, 9.17) is 9.47 Å². The van der Waals surface area contributed by atoms with Gasteiger partial charge in [0.1, 0.15) is 24.0 Å². The van der Waals surface area contributed by atoms with Gasteiger partial charge in [-0.15, -0.1) is 0 Å². The van der Waals surface area contributed by atoms with Gasteiger partial charge in [-0.2, -0.15) is 9.61 Å². The van der Waals surface area contributed by atoms with Gasteiger partial charge in [0.2, 0.25) is 4.96 Å². The average molecular weight is 405 g/mol. The molecule has 0 amide bonds. The van der Waals surface area contributed by atoms with E-state index in [2.05, 4.69) is 10.1 Å². The number of hydrogen-bond donors (Lipinski definition) is 0. The minimum atomic E-state index is -0.589. The Morgan fingerprint density at radius 2 is 1.79 bits per heavy atom. The van der Waals surface area contributed by atoms with E-state index < -0.39 is 11.9 Å². The number of aryl methyl sites for hydroxylation is 1. The minimum Gasteiger partial charge on any atom is -0.457 e. The Labute approximate surface area is 169 Å². The van der Waals surface area contributed by atoms with Gasteiger partial charge in [0.05, 0.1) is 0 Å². The predicted octanol–water partition coefficient (Wildman–Crippen LogP) is 3.44. The van der Waals surface area contributed by atoms with Crippen molar-refractivity contribution in [3.05, 3.63) is 86.8 Å². The monoisotopic (exact) mass is 405 g/mol. The molecule has 0 spiro atoms. The summed E-state index contributed by atoms with van der Waals surface area (Å²) in [6, 6.07) is 16.3. The first-order chi connectivity index (χ1) is 14.1. The molecule has 3 heterocycles. The molecule has 0 atom stereocenters. The number of esters is 1. The number of ether oxygens (including phenoxy) is 2. The Hall–Kier alpha value is -3.52. The van der Waals surface area contributed by atoms with Gasteiger partial charge in [-0.1, -0.05) is 47.7 Å². The van der Waals surface area contributed by atoms with E-state index in [1.807, 2.05) is 48.5 Å². The molecular weight excluding hydrogens is 390 g/mol. The van der Waals surface area contributed by atoms with Crippen LogP contribution >= 0.6 is 11.3 Å². The number of rotatable bonds is 3. The Bertz CT molecular complexity index is 1270. The fourth-order valence-electron chi connectivity index (χ4n) is 3.40. The van der Waals surface area contributed by atoms with Crippen molar-refractivity contribution in [1.82, 2.24) is 14.6 Å². The van der Waals surface area contributed by atoms with E-state index >= 15 is 0 Å². The molecule has 2 aromatic carbocycles. The first-order valence-corrected chi connectivity index (χ1v) is 9.80. The molecule has 1 aliphatic heterocycles. The van der Waals surface area contributed by atoms with Crippen LogP contribution in [0.1, 0.15) is 27.7 Å². The van der Waals surface area contributed by atoms with Gasteiger partial charge in [-0.25, -0.2) is 4.98 Å². The highest BCUT2D eigenvalue weighted by Gasteiger charge is 2.33. The standard InChI is InChI=1S/C21H15N3O4S/c1-12-10-18(25)24-21(22-12)29-17(23-24)11-27-20(26)19-13-6-2-4-8-15(13)28-16-9-5-3-7-14(16)19/h2-10,19H,11H2,1H3. The molecule has 144 valence electrons. The van der Waals surface area contributed by atoms with E-state index in [1.54, 1.807) is 6.92 Å². The molecule has 2 aromatic heterocycles. The third-order valence-corrected chi connectivity index (χ3v) is 5.55. The van der Waals surface area contributed by atoms with Gasteiger partial charge in [0.15, 0.2) is 5.01 Å². The molecule has 8 heteroatoms. The van der Waals surface area contributed by atoms with Crippen LogP contribution in [-0.4, -0.2) is 20.6 Å². The van der Waals surface area contributed by atoms with Crippen LogP contribution in [0.4, 0.5) is 0 Å². The van der Waals surface area contributed by atoms with Crippen molar-refractivity contribution in [2.75, 3.05) is 0 Å². The van der Waals surface area contributed by atoms with Crippen molar-refractivity contribution in [2.45, 2.75) is 19.4 Å². The lowest BCUT2D eigenvalue weighted by atomic mass is 9.88. The second-order valence-electron chi connectivity index (χ2n) is 6.64. The summed E-state index contributed by atoms with van der Waals surface area (Å²) >= 11 is 1.22. The maximum atomic E-state index is 13.0. The van der Waals surface area contributed by atoms with Gasteiger partial charge in [-0.3, -0.25) is 9.59 Å². The van der Waals surface area contributed by atoms with Crippen LogP contribution in [0, 0.1) is 6.92 Å². The lowest BCUT2D eigenvalue weighted by molar-refractivity contribution is -0.145. The summed E-state index contributed by atoms with van der Waals surface area (Å²) in [4.78, 5) is 29.8. The molecule has 0 saturated heterocycles. The topological polar surface area (TPSA) is 82.8 Å². The lowest BCUT2D eigenvalue weighted by Gasteiger charge is -2.26. The molecule has 0 fully saturated rings. The molecular formula is C21H15N3O4S.